The van der Waals surface area contributed by atoms with E-state index in [2.05, 4.69) is 5.43 Å². The average Bonchev–Trinajstić information content (AvgIpc) is 2.91. The van der Waals surface area contributed by atoms with Crippen molar-refractivity contribution in [3.8, 4) is 0 Å². The Morgan fingerprint density at radius 3 is 2.00 bits per heavy atom. The molecule has 0 spiro atoms. The van der Waals surface area contributed by atoms with Gasteiger partial charge in [-0.1, -0.05) is 44.2 Å². The summed E-state index contributed by atoms with van der Waals surface area (Å²) >= 11 is 0. The molecule has 27 heavy (non-hydrogen) atoms. The zero-order chi connectivity index (χ0) is 19.6. The molecule has 2 aromatic carbocycles. The normalized spacial score (nSPS) is 14.3. The third-order valence-corrected chi connectivity index (χ3v) is 4.56. The van der Waals surface area contributed by atoms with Crippen LogP contribution >= 0.6 is 0 Å². The van der Waals surface area contributed by atoms with Gasteiger partial charge in [0.2, 0.25) is 0 Å². The summed E-state index contributed by atoms with van der Waals surface area (Å²) in [6, 6.07) is 15.2. The Balaban J connectivity index is 1.85. The molecule has 6 heteroatoms. The van der Waals surface area contributed by atoms with Crippen molar-refractivity contribution < 1.29 is 14.4 Å². The predicted octanol–water partition coefficient (Wildman–Crippen LogP) is 2.86. The lowest BCUT2D eigenvalue weighted by atomic mass is 10.0. The van der Waals surface area contributed by atoms with Crippen molar-refractivity contribution >= 4 is 23.4 Å². The summed E-state index contributed by atoms with van der Waals surface area (Å²) in [7, 11) is 1.72. The number of anilines is 1. The van der Waals surface area contributed by atoms with E-state index in [1.54, 1.807) is 36.3 Å². The van der Waals surface area contributed by atoms with Crippen LogP contribution in [0.1, 0.15) is 41.0 Å². The summed E-state index contributed by atoms with van der Waals surface area (Å²) < 4.78 is 0. The van der Waals surface area contributed by atoms with Gasteiger partial charge in [0.25, 0.3) is 17.7 Å². The molecule has 1 atom stereocenters. The van der Waals surface area contributed by atoms with Crippen LogP contribution in [0, 0.1) is 5.92 Å². The first-order valence-corrected chi connectivity index (χ1v) is 8.96. The largest absolute Gasteiger partial charge is 0.289 e. The SMILES string of the molecule is CC(C)C[C@@H](C(=O)NN(C)c1ccccc1)N1C(=O)c2ccccc2C1=O. The van der Waals surface area contributed by atoms with Crippen molar-refractivity contribution in [1.82, 2.24) is 10.3 Å². The van der Waals surface area contributed by atoms with Gasteiger partial charge in [0.15, 0.2) is 0 Å². The molecule has 0 saturated heterocycles. The topological polar surface area (TPSA) is 69.7 Å². The Hall–Kier alpha value is -3.15. The van der Waals surface area contributed by atoms with Gasteiger partial charge < -0.3 is 0 Å². The molecule has 3 rings (SSSR count). The molecule has 3 amide bonds. The lowest BCUT2D eigenvalue weighted by molar-refractivity contribution is -0.125. The first-order chi connectivity index (χ1) is 12.9. The Morgan fingerprint density at radius 1 is 0.963 bits per heavy atom. The Bertz CT molecular complexity index is 829. The molecule has 0 unspecified atom stereocenters. The van der Waals surface area contributed by atoms with Crippen LogP contribution in [0.25, 0.3) is 0 Å². The number of amides is 3. The molecule has 1 N–H and O–H groups in total. The molecule has 0 aliphatic carbocycles. The van der Waals surface area contributed by atoms with Gasteiger partial charge in [0.05, 0.1) is 16.8 Å². The van der Waals surface area contributed by atoms with E-state index >= 15 is 0 Å². The lowest BCUT2D eigenvalue weighted by Crippen LogP contribution is -2.53. The molecular formula is C21H23N3O3. The fourth-order valence-corrected chi connectivity index (χ4v) is 3.22. The van der Waals surface area contributed by atoms with Gasteiger partial charge in [-0.15, -0.1) is 0 Å². The highest BCUT2D eigenvalue weighted by molar-refractivity contribution is 6.22. The summed E-state index contributed by atoms with van der Waals surface area (Å²) in [4.78, 5) is 39.7. The van der Waals surface area contributed by atoms with Gasteiger partial charge in [-0.3, -0.25) is 29.7 Å². The maximum Gasteiger partial charge on any atom is 0.262 e. The van der Waals surface area contributed by atoms with Crippen molar-refractivity contribution in [3.05, 3.63) is 65.7 Å². The van der Waals surface area contributed by atoms with Crippen LogP contribution < -0.4 is 10.4 Å². The van der Waals surface area contributed by atoms with Crippen LogP contribution in [0.5, 0.6) is 0 Å². The molecule has 1 aliphatic rings. The smallest absolute Gasteiger partial charge is 0.262 e. The number of para-hydroxylation sites is 1. The van der Waals surface area contributed by atoms with Gasteiger partial charge in [0.1, 0.15) is 6.04 Å². The highest BCUT2D eigenvalue weighted by atomic mass is 16.2. The van der Waals surface area contributed by atoms with Crippen LogP contribution in [0.2, 0.25) is 0 Å². The third kappa shape index (κ3) is 3.69. The molecule has 140 valence electrons. The summed E-state index contributed by atoms with van der Waals surface area (Å²) in [6.07, 6.45) is 0.389. The summed E-state index contributed by atoms with van der Waals surface area (Å²) in [5.41, 5.74) is 4.29. The molecule has 0 saturated carbocycles. The lowest BCUT2D eigenvalue weighted by Gasteiger charge is -2.29. The van der Waals surface area contributed by atoms with Gasteiger partial charge in [-0.2, -0.15) is 0 Å². The second kappa shape index (κ2) is 7.61. The number of hydrogen-bond donors (Lipinski definition) is 1. The number of hydrogen-bond acceptors (Lipinski definition) is 4. The van der Waals surface area contributed by atoms with Gasteiger partial charge in [-0.25, -0.2) is 0 Å². The second-order valence-corrected chi connectivity index (χ2v) is 7.04. The average molecular weight is 365 g/mol. The number of carbonyl (C=O) groups excluding carboxylic acids is 3. The van der Waals surface area contributed by atoms with Crippen LogP contribution in [-0.2, 0) is 4.79 Å². The first-order valence-electron chi connectivity index (χ1n) is 8.96. The number of imide groups is 1. The zero-order valence-corrected chi connectivity index (χ0v) is 15.7. The number of rotatable bonds is 6. The van der Waals surface area contributed by atoms with Crippen LogP contribution in [0.3, 0.4) is 0 Å². The first kappa shape index (κ1) is 18.6. The predicted molar refractivity (Wildman–Crippen MR) is 103 cm³/mol. The molecular weight excluding hydrogens is 342 g/mol. The van der Waals surface area contributed by atoms with E-state index in [0.717, 1.165) is 10.6 Å². The summed E-state index contributed by atoms with van der Waals surface area (Å²) in [6.45, 7) is 3.92. The number of fused-ring (bicyclic) bond motifs is 1. The Labute approximate surface area is 158 Å². The monoisotopic (exact) mass is 365 g/mol. The molecule has 0 bridgehead atoms. The van der Waals surface area contributed by atoms with E-state index in [9.17, 15) is 14.4 Å². The Kier molecular flexibility index (Phi) is 5.26. The zero-order valence-electron chi connectivity index (χ0n) is 15.7. The van der Waals surface area contributed by atoms with E-state index in [4.69, 9.17) is 0 Å². The number of nitrogens with one attached hydrogen (secondary N) is 1. The van der Waals surface area contributed by atoms with Crippen molar-refractivity contribution in [2.75, 3.05) is 12.1 Å². The minimum Gasteiger partial charge on any atom is -0.289 e. The molecule has 0 radical (unpaired) electrons. The summed E-state index contributed by atoms with van der Waals surface area (Å²) in [5.74, 6) is -1.09. The van der Waals surface area contributed by atoms with Crippen LogP contribution in [0.15, 0.2) is 54.6 Å². The van der Waals surface area contributed by atoms with Crippen LogP contribution in [0.4, 0.5) is 5.69 Å². The molecule has 1 heterocycles. The van der Waals surface area contributed by atoms with Crippen molar-refractivity contribution in [2.24, 2.45) is 5.92 Å². The highest BCUT2D eigenvalue weighted by Crippen LogP contribution is 2.27. The number of carbonyl (C=O) groups is 3. The summed E-state index contributed by atoms with van der Waals surface area (Å²) in [5, 5.41) is 1.59. The molecule has 0 aromatic heterocycles. The van der Waals surface area contributed by atoms with E-state index < -0.39 is 17.9 Å². The number of benzene rings is 2. The van der Waals surface area contributed by atoms with E-state index in [-0.39, 0.29) is 11.8 Å². The minimum atomic E-state index is -0.872. The minimum absolute atomic E-state index is 0.132. The van der Waals surface area contributed by atoms with Crippen LogP contribution in [-0.4, -0.2) is 35.7 Å². The van der Waals surface area contributed by atoms with Gasteiger partial charge in [0, 0.05) is 7.05 Å². The second-order valence-electron chi connectivity index (χ2n) is 7.04. The quantitative estimate of drug-likeness (QED) is 0.631. The van der Waals surface area contributed by atoms with E-state index in [0.29, 0.717) is 17.5 Å². The van der Waals surface area contributed by atoms with Crippen molar-refractivity contribution in [1.29, 1.82) is 0 Å². The van der Waals surface area contributed by atoms with E-state index in [1.165, 1.54) is 0 Å². The Morgan fingerprint density at radius 2 is 1.48 bits per heavy atom. The number of hydrazine groups is 1. The fourth-order valence-electron chi connectivity index (χ4n) is 3.22. The molecule has 6 nitrogen and oxygen atoms in total. The third-order valence-electron chi connectivity index (χ3n) is 4.56. The van der Waals surface area contributed by atoms with Crippen molar-refractivity contribution in [3.63, 3.8) is 0 Å². The number of nitrogens with zero attached hydrogens (tertiary/aromatic N) is 2. The molecule has 0 fully saturated rings. The van der Waals surface area contributed by atoms with E-state index in [1.807, 2.05) is 44.2 Å². The fraction of sp³-hybridized carbons (Fsp3) is 0.286. The van der Waals surface area contributed by atoms with Gasteiger partial charge in [-0.05, 0) is 36.6 Å². The molecule has 1 aliphatic heterocycles. The standard InChI is InChI=1S/C21H23N3O3/c1-14(2)13-18(19(25)22-23(3)15-9-5-4-6-10-15)24-20(26)16-11-7-8-12-17(16)21(24)27/h4-12,14,18H,13H2,1-3H3,(H,22,25)/t18-/m0/s1. The van der Waals surface area contributed by atoms with Gasteiger partial charge >= 0.3 is 0 Å². The maximum absolute atomic E-state index is 13.0. The molecule has 2 aromatic rings. The van der Waals surface area contributed by atoms with Crippen molar-refractivity contribution in [2.45, 2.75) is 26.3 Å². The highest BCUT2D eigenvalue weighted by Gasteiger charge is 2.42. The maximum atomic E-state index is 13.0.